The van der Waals surface area contributed by atoms with E-state index in [0.29, 0.717) is 29.9 Å². The van der Waals surface area contributed by atoms with Crippen LogP contribution in [0, 0.1) is 0 Å². The number of amides is 1. The van der Waals surface area contributed by atoms with Crippen LogP contribution in [0.4, 0.5) is 0 Å². The Labute approximate surface area is 181 Å². The fourth-order valence-electron chi connectivity index (χ4n) is 3.14. The number of primary amides is 1. The molecule has 31 heavy (non-hydrogen) atoms. The van der Waals surface area contributed by atoms with Gasteiger partial charge in [-0.25, -0.2) is 0 Å². The minimum Gasteiger partial charge on any atom is -0.481 e. The van der Waals surface area contributed by atoms with Crippen molar-refractivity contribution < 1.29 is 24.2 Å². The van der Waals surface area contributed by atoms with Crippen molar-refractivity contribution in [2.45, 2.75) is 25.4 Å². The molecule has 1 unspecified atom stereocenters. The minimum atomic E-state index is -0.889. The van der Waals surface area contributed by atoms with Gasteiger partial charge in [0.1, 0.15) is 11.5 Å². The van der Waals surface area contributed by atoms with Gasteiger partial charge in [-0.1, -0.05) is 54.6 Å². The van der Waals surface area contributed by atoms with Gasteiger partial charge in [-0.05, 0) is 53.8 Å². The van der Waals surface area contributed by atoms with Gasteiger partial charge in [-0.2, -0.15) is 0 Å². The van der Waals surface area contributed by atoms with E-state index < -0.39 is 18.0 Å². The van der Waals surface area contributed by atoms with E-state index in [1.54, 1.807) is 24.3 Å². The number of carboxylic acids is 1. The van der Waals surface area contributed by atoms with Crippen LogP contribution in [-0.4, -0.2) is 23.6 Å². The van der Waals surface area contributed by atoms with E-state index in [1.165, 1.54) is 0 Å². The van der Waals surface area contributed by atoms with Crippen LogP contribution in [0.25, 0.3) is 11.1 Å². The number of benzene rings is 3. The van der Waals surface area contributed by atoms with Crippen LogP contribution in [-0.2, 0) is 14.3 Å². The van der Waals surface area contributed by atoms with Crippen molar-refractivity contribution in [3.63, 3.8) is 0 Å². The first-order valence-electron chi connectivity index (χ1n) is 10.1. The van der Waals surface area contributed by atoms with Gasteiger partial charge in [0.15, 0.2) is 6.10 Å². The van der Waals surface area contributed by atoms with Gasteiger partial charge >= 0.3 is 5.97 Å². The number of unbranched alkanes of at least 4 members (excludes halogenated alkanes) is 1. The van der Waals surface area contributed by atoms with Crippen molar-refractivity contribution >= 4 is 11.9 Å². The second-order valence-electron chi connectivity index (χ2n) is 7.07. The lowest BCUT2D eigenvalue weighted by Gasteiger charge is -2.15. The topological polar surface area (TPSA) is 98.9 Å². The maximum absolute atomic E-state index is 11.8. The molecule has 0 radical (unpaired) electrons. The van der Waals surface area contributed by atoms with Gasteiger partial charge in [0.2, 0.25) is 0 Å². The Morgan fingerprint density at radius 3 is 2.23 bits per heavy atom. The summed E-state index contributed by atoms with van der Waals surface area (Å²) in [5.74, 6) is -0.118. The van der Waals surface area contributed by atoms with Crippen molar-refractivity contribution in [1.82, 2.24) is 0 Å². The van der Waals surface area contributed by atoms with E-state index in [4.69, 9.17) is 20.3 Å². The number of hydrogen-bond donors (Lipinski definition) is 2. The Kier molecular flexibility index (Phi) is 7.79. The summed E-state index contributed by atoms with van der Waals surface area (Å²) in [4.78, 5) is 22.3. The van der Waals surface area contributed by atoms with Crippen molar-refractivity contribution in [1.29, 1.82) is 0 Å². The first-order valence-corrected chi connectivity index (χ1v) is 10.1. The average molecular weight is 419 g/mol. The molecule has 0 spiro atoms. The van der Waals surface area contributed by atoms with E-state index in [2.05, 4.69) is 0 Å². The molecule has 3 N–H and O–H groups in total. The predicted molar refractivity (Wildman–Crippen MR) is 118 cm³/mol. The number of carboxylic acid groups (broad SMARTS) is 1. The Balaban J connectivity index is 1.62. The summed E-state index contributed by atoms with van der Waals surface area (Å²) in [6, 6.07) is 24.8. The standard InChI is InChI=1S/C25H25NO5/c26-25(29)24(30-16-5-4-11-23(27)28)19-12-14-21(15-13-19)31-22-10-6-9-20(17-22)18-7-2-1-3-8-18/h1-3,6-10,12-15,17,24H,4-5,11,16H2,(H2,26,29)(H,27,28). The van der Waals surface area contributed by atoms with Gasteiger partial charge in [0.05, 0.1) is 0 Å². The smallest absolute Gasteiger partial charge is 0.303 e. The molecule has 0 aromatic heterocycles. The molecule has 0 saturated heterocycles. The molecular weight excluding hydrogens is 394 g/mol. The van der Waals surface area contributed by atoms with Gasteiger partial charge in [0.25, 0.3) is 5.91 Å². The maximum Gasteiger partial charge on any atom is 0.303 e. The second-order valence-corrected chi connectivity index (χ2v) is 7.07. The molecule has 6 heteroatoms. The summed E-state index contributed by atoms with van der Waals surface area (Å²) in [6.45, 7) is 0.255. The number of carbonyl (C=O) groups excluding carboxylic acids is 1. The Morgan fingerprint density at radius 2 is 1.55 bits per heavy atom. The first kappa shape index (κ1) is 22.1. The number of aliphatic carboxylic acids is 1. The third kappa shape index (κ3) is 6.69. The van der Waals surface area contributed by atoms with Crippen LogP contribution in [0.5, 0.6) is 11.5 Å². The maximum atomic E-state index is 11.8. The summed E-state index contributed by atoms with van der Waals surface area (Å²) in [5.41, 5.74) is 8.26. The zero-order valence-corrected chi connectivity index (χ0v) is 17.1. The zero-order chi connectivity index (χ0) is 22.1. The quantitative estimate of drug-likeness (QED) is 0.429. The van der Waals surface area contributed by atoms with Crippen molar-refractivity contribution in [3.8, 4) is 22.6 Å². The summed E-state index contributed by atoms with van der Waals surface area (Å²) >= 11 is 0. The molecule has 0 saturated carbocycles. The summed E-state index contributed by atoms with van der Waals surface area (Å²) in [5, 5.41) is 8.67. The second kappa shape index (κ2) is 10.9. The minimum absolute atomic E-state index is 0.0715. The summed E-state index contributed by atoms with van der Waals surface area (Å²) < 4.78 is 11.5. The highest BCUT2D eigenvalue weighted by Crippen LogP contribution is 2.28. The van der Waals surface area contributed by atoms with Gasteiger partial charge < -0.3 is 20.3 Å². The van der Waals surface area contributed by atoms with E-state index >= 15 is 0 Å². The van der Waals surface area contributed by atoms with Crippen LogP contribution in [0.1, 0.15) is 30.9 Å². The summed E-state index contributed by atoms with van der Waals surface area (Å²) in [6.07, 6.45) is 0.201. The number of hydrogen-bond acceptors (Lipinski definition) is 4. The molecule has 0 aliphatic carbocycles. The molecular formula is C25H25NO5. The zero-order valence-electron chi connectivity index (χ0n) is 17.1. The molecule has 6 nitrogen and oxygen atoms in total. The number of nitrogens with two attached hydrogens (primary N) is 1. The van der Waals surface area contributed by atoms with Crippen LogP contribution in [0.3, 0.4) is 0 Å². The molecule has 160 valence electrons. The van der Waals surface area contributed by atoms with Crippen molar-refractivity contribution in [2.75, 3.05) is 6.61 Å². The monoisotopic (exact) mass is 419 g/mol. The van der Waals surface area contributed by atoms with E-state index in [-0.39, 0.29) is 13.0 Å². The predicted octanol–water partition coefficient (Wildman–Crippen LogP) is 4.94. The van der Waals surface area contributed by atoms with E-state index in [9.17, 15) is 9.59 Å². The number of ether oxygens (including phenoxy) is 2. The Hall–Kier alpha value is -3.64. The molecule has 0 aliphatic rings. The first-order chi connectivity index (χ1) is 15.0. The lowest BCUT2D eigenvalue weighted by molar-refractivity contribution is -0.137. The highest BCUT2D eigenvalue weighted by Gasteiger charge is 2.18. The molecule has 0 aliphatic heterocycles. The summed E-state index contributed by atoms with van der Waals surface area (Å²) in [7, 11) is 0. The molecule has 3 rings (SSSR count). The van der Waals surface area contributed by atoms with E-state index in [1.807, 2.05) is 54.6 Å². The molecule has 0 fully saturated rings. The fraction of sp³-hybridized carbons (Fsp3) is 0.200. The normalized spacial score (nSPS) is 11.6. The lowest BCUT2D eigenvalue weighted by atomic mass is 10.1. The van der Waals surface area contributed by atoms with Crippen LogP contribution in [0.2, 0.25) is 0 Å². The van der Waals surface area contributed by atoms with Gasteiger partial charge in [0, 0.05) is 13.0 Å². The van der Waals surface area contributed by atoms with Crippen LogP contribution >= 0.6 is 0 Å². The number of carbonyl (C=O) groups is 2. The molecule has 3 aromatic rings. The Morgan fingerprint density at radius 1 is 0.839 bits per heavy atom. The molecule has 1 amide bonds. The third-order valence-electron chi connectivity index (χ3n) is 4.69. The number of rotatable bonds is 11. The molecule has 0 bridgehead atoms. The highest BCUT2D eigenvalue weighted by atomic mass is 16.5. The fourth-order valence-corrected chi connectivity index (χ4v) is 3.14. The Bertz CT molecular complexity index is 1000. The lowest BCUT2D eigenvalue weighted by Crippen LogP contribution is -2.24. The van der Waals surface area contributed by atoms with Crippen molar-refractivity contribution in [3.05, 3.63) is 84.4 Å². The van der Waals surface area contributed by atoms with Crippen LogP contribution < -0.4 is 10.5 Å². The SMILES string of the molecule is NC(=O)C(OCCCCC(=O)O)c1ccc(Oc2cccc(-c3ccccc3)c2)cc1. The van der Waals surface area contributed by atoms with E-state index in [0.717, 1.165) is 11.1 Å². The van der Waals surface area contributed by atoms with Crippen molar-refractivity contribution in [2.24, 2.45) is 5.73 Å². The van der Waals surface area contributed by atoms with Gasteiger partial charge in [-0.3, -0.25) is 9.59 Å². The van der Waals surface area contributed by atoms with Crippen LogP contribution in [0.15, 0.2) is 78.9 Å². The molecule has 1 atom stereocenters. The van der Waals surface area contributed by atoms with Gasteiger partial charge in [-0.15, -0.1) is 0 Å². The third-order valence-corrected chi connectivity index (χ3v) is 4.69. The largest absolute Gasteiger partial charge is 0.481 e. The highest BCUT2D eigenvalue weighted by molar-refractivity contribution is 5.80. The average Bonchev–Trinajstić information content (AvgIpc) is 2.77. The molecule has 0 heterocycles. The molecule has 3 aromatic carbocycles.